The van der Waals surface area contributed by atoms with Crippen LogP contribution >= 0.6 is 22.9 Å². The van der Waals surface area contributed by atoms with Crippen LogP contribution in [0.2, 0.25) is 5.02 Å². The summed E-state index contributed by atoms with van der Waals surface area (Å²) in [6.45, 7) is 1.66. The molecule has 0 unspecified atom stereocenters. The summed E-state index contributed by atoms with van der Waals surface area (Å²) in [4.78, 5) is 33.3. The van der Waals surface area contributed by atoms with E-state index in [4.69, 9.17) is 16.3 Å². The second kappa shape index (κ2) is 10.4. The number of ether oxygens (including phenoxy) is 1. The molecule has 0 radical (unpaired) electrons. The van der Waals surface area contributed by atoms with E-state index in [2.05, 4.69) is 9.97 Å². The van der Waals surface area contributed by atoms with Crippen molar-refractivity contribution < 1.29 is 23.4 Å². The first-order chi connectivity index (χ1) is 18.7. The molecule has 0 saturated carbocycles. The molecule has 3 heterocycles. The molecule has 0 aliphatic rings. The topological polar surface area (TPSA) is 118 Å². The van der Waals surface area contributed by atoms with Crippen LogP contribution in [0.4, 0.5) is 8.78 Å². The number of halogens is 3. The minimum Gasteiger partial charge on any atom is -0.491 e. The Kier molecular flexibility index (Phi) is 6.99. The van der Waals surface area contributed by atoms with Gasteiger partial charge in [0.25, 0.3) is 12.0 Å². The summed E-state index contributed by atoms with van der Waals surface area (Å²) in [6, 6.07) is 10.7. The van der Waals surface area contributed by atoms with Gasteiger partial charge >= 0.3 is 5.97 Å². The van der Waals surface area contributed by atoms with Crippen molar-refractivity contribution in [2.45, 2.75) is 19.9 Å². The minimum absolute atomic E-state index is 0.0264. The van der Waals surface area contributed by atoms with Crippen molar-refractivity contribution in [3.8, 4) is 22.9 Å². The van der Waals surface area contributed by atoms with E-state index in [9.17, 15) is 28.7 Å². The van der Waals surface area contributed by atoms with Gasteiger partial charge < -0.3 is 9.84 Å². The van der Waals surface area contributed by atoms with Crippen molar-refractivity contribution in [1.82, 2.24) is 14.5 Å². The molecule has 0 amide bonds. The Morgan fingerprint density at radius 1 is 1.26 bits per heavy atom. The molecule has 0 bridgehead atoms. The van der Waals surface area contributed by atoms with E-state index < -0.39 is 18.0 Å². The number of hydrogen-bond acceptors (Lipinski definition) is 7. The number of rotatable bonds is 7. The first kappa shape index (κ1) is 26.2. The number of aryl methyl sites for hydroxylation is 1. The van der Waals surface area contributed by atoms with Crippen molar-refractivity contribution >= 4 is 50.0 Å². The molecule has 0 fully saturated rings. The standard InChI is InChI=1S/C27H17ClF2N4O4S/c1-13-33-20-9-14(25(29)30)8-15(11-31)22(20)26(35)34(13)6-7-38-21-3-2-16(28)10-18(21)17-4-5-32-23-19(27(36)37)12-39-24(17)23/h2-5,8-10,12,25H,6-7H2,1H3,(H,36,37). The fourth-order valence-electron chi connectivity index (χ4n) is 4.34. The third-order valence-corrected chi connectivity index (χ3v) is 7.37. The lowest BCUT2D eigenvalue weighted by molar-refractivity contribution is 0.0699. The Bertz CT molecular complexity index is 1880. The number of benzene rings is 2. The number of carboxylic acids is 1. The summed E-state index contributed by atoms with van der Waals surface area (Å²) in [5, 5.41) is 20.9. The van der Waals surface area contributed by atoms with Gasteiger partial charge in [0.15, 0.2) is 0 Å². The van der Waals surface area contributed by atoms with E-state index in [-0.39, 0.29) is 46.6 Å². The van der Waals surface area contributed by atoms with Crippen LogP contribution in [0.15, 0.2) is 52.8 Å². The van der Waals surface area contributed by atoms with Gasteiger partial charge in [-0.1, -0.05) is 11.6 Å². The SMILES string of the molecule is Cc1nc2cc(C(F)F)cc(C#N)c2c(=O)n1CCOc1ccc(Cl)cc1-c1ccnc2c(C(=O)O)csc12. The normalized spacial score (nSPS) is 11.3. The van der Waals surface area contributed by atoms with Crippen LogP contribution in [0.25, 0.3) is 32.2 Å². The fraction of sp³-hybridized carbons (Fsp3) is 0.148. The summed E-state index contributed by atoms with van der Waals surface area (Å²) in [6.07, 6.45) is -1.29. The Hall–Kier alpha value is -4.40. The van der Waals surface area contributed by atoms with Gasteiger partial charge in [-0.25, -0.2) is 18.6 Å². The molecule has 39 heavy (non-hydrogen) atoms. The summed E-state index contributed by atoms with van der Waals surface area (Å²) in [5.41, 5.74) is 0.681. The molecule has 0 aliphatic carbocycles. The van der Waals surface area contributed by atoms with Gasteiger partial charge in [-0.2, -0.15) is 5.26 Å². The predicted molar refractivity (Wildman–Crippen MR) is 143 cm³/mol. The van der Waals surface area contributed by atoms with Crippen LogP contribution in [-0.2, 0) is 6.54 Å². The molecule has 0 saturated heterocycles. The number of fused-ring (bicyclic) bond motifs is 2. The van der Waals surface area contributed by atoms with Gasteiger partial charge in [0.2, 0.25) is 0 Å². The second-order valence-corrected chi connectivity index (χ2v) is 9.79. The van der Waals surface area contributed by atoms with Gasteiger partial charge in [-0.3, -0.25) is 14.3 Å². The quantitative estimate of drug-likeness (QED) is 0.248. The first-order valence-corrected chi connectivity index (χ1v) is 12.7. The molecule has 8 nitrogen and oxygen atoms in total. The molecule has 5 rings (SSSR count). The number of nitrogens with zero attached hydrogens (tertiary/aromatic N) is 4. The molecule has 0 spiro atoms. The second-order valence-electron chi connectivity index (χ2n) is 8.47. The highest BCUT2D eigenvalue weighted by Gasteiger charge is 2.19. The van der Waals surface area contributed by atoms with Gasteiger partial charge in [0.05, 0.1) is 38.8 Å². The number of carboxylic acid groups (broad SMARTS) is 1. The van der Waals surface area contributed by atoms with Crippen LogP contribution in [-0.4, -0.2) is 32.2 Å². The molecule has 196 valence electrons. The third kappa shape index (κ3) is 4.80. The van der Waals surface area contributed by atoms with Gasteiger partial charge in [-0.05, 0) is 43.3 Å². The zero-order chi connectivity index (χ0) is 27.8. The molecule has 0 aliphatic heterocycles. The number of aromatic carboxylic acids is 1. The van der Waals surface area contributed by atoms with Gasteiger partial charge in [-0.15, -0.1) is 11.3 Å². The average molecular weight is 567 g/mol. The zero-order valence-electron chi connectivity index (χ0n) is 20.1. The molecule has 12 heteroatoms. The number of aromatic nitrogens is 3. The molecular formula is C27H17ClF2N4O4S. The van der Waals surface area contributed by atoms with Crippen molar-refractivity contribution in [3.05, 3.63) is 85.9 Å². The maximum Gasteiger partial charge on any atom is 0.338 e. The number of alkyl halides is 2. The Morgan fingerprint density at radius 3 is 2.77 bits per heavy atom. The lowest BCUT2D eigenvalue weighted by Gasteiger charge is -2.15. The lowest BCUT2D eigenvalue weighted by atomic mass is 10.0. The highest BCUT2D eigenvalue weighted by atomic mass is 35.5. The van der Waals surface area contributed by atoms with E-state index >= 15 is 0 Å². The largest absolute Gasteiger partial charge is 0.491 e. The number of hydrogen-bond donors (Lipinski definition) is 1. The van der Waals surface area contributed by atoms with E-state index in [0.717, 1.165) is 12.1 Å². The van der Waals surface area contributed by atoms with Crippen LogP contribution in [0, 0.1) is 18.3 Å². The molecule has 5 aromatic rings. The Labute approximate surface area is 228 Å². The number of thiophene rings is 1. The molecule has 1 N–H and O–H groups in total. The summed E-state index contributed by atoms with van der Waals surface area (Å²) < 4.78 is 34.5. The monoisotopic (exact) mass is 566 g/mol. The molecule has 0 atom stereocenters. The number of pyridine rings is 1. The van der Waals surface area contributed by atoms with Crippen molar-refractivity contribution in [2.75, 3.05) is 6.61 Å². The smallest absolute Gasteiger partial charge is 0.338 e. The Morgan fingerprint density at radius 2 is 2.05 bits per heavy atom. The minimum atomic E-state index is -2.81. The van der Waals surface area contributed by atoms with Crippen molar-refractivity contribution in [1.29, 1.82) is 5.26 Å². The maximum absolute atomic E-state index is 13.2. The summed E-state index contributed by atoms with van der Waals surface area (Å²) in [5.74, 6) is -0.363. The van der Waals surface area contributed by atoms with E-state index in [0.29, 0.717) is 32.1 Å². The maximum atomic E-state index is 13.2. The number of nitriles is 1. The molecule has 3 aromatic heterocycles. The zero-order valence-corrected chi connectivity index (χ0v) is 21.7. The van der Waals surface area contributed by atoms with Gasteiger partial charge in [0, 0.05) is 33.3 Å². The van der Waals surface area contributed by atoms with Crippen LogP contribution in [0.1, 0.15) is 33.7 Å². The van der Waals surface area contributed by atoms with E-state index in [1.165, 1.54) is 27.5 Å². The predicted octanol–water partition coefficient (Wildman–Crippen LogP) is 6.22. The Balaban J connectivity index is 1.49. The molecular weight excluding hydrogens is 550 g/mol. The number of carbonyl (C=O) groups is 1. The van der Waals surface area contributed by atoms with Crippen molar-refractivity contribution in [3.63, 3.8) is 0 Å². The first-order valence-electron chi connectivity index (χ1n) is 11.4. The lowest BCUT2D eigenvalue weighted by Crippen LogP contribution is -2.27. The van der Waals surface area contributed by atoms with E-state index in [1.54, 1.807) is 31.2 Å². The summed E-state index contributed by atoms with van der Waals surface area (Å²) >= 11 is 7.51. The van der Waals surface area contributed by atoms with Crippen molar-refractivity contribution in [2.24, 2.45) is 0 Å². The molecule has 2 aromatic carbocycles. The average Bonchev–Trinajstić information content (AvgIpc) is 3.35. The van der Waals surface area contributed by atoms with Crippen LogP contribution in [0.3, 0.4) is 0 Å². The van der Waals surface area contributed by atoms with Crippen LogP contribution in [0.5, 0.6) is 5.75 Å². The van der Waals surface area contributed by atoms with Crippen LogP contribution < -0.4 is 10.3 Å². The van der Waals surface area contributed by atoms with Gasteiger partial charge in [0.1, 0.15) is 24.3 Å². The summed E-state index contributed by atoms with van der Waals surface area (Å²) in [7, 11) is 0. The highest BCUT2D eigenvalue weighted by Crippen LogP contribution is 2.39. The highest BCUT2D eigenvalue weighted by molar-refractivity contribution is 7.18. The fourth-order valence-corrected chi connectivity index (χ4v) is 5.54. The van der Waals surface area contributed by atoms with E-state index in [1.807, 2.05) is 6.07 Å². The third-order valence-electron chi connectivity index (χ3n) is 6.13.